The Morgan fingerprint density at radius 1 is 1.24 bits per heavy atom. The van der Waals surface area contributed by atoms with Crippen LogP contribution in [-0.2, 0) is 0 Å². The molecule has 4 rings (SSSR count). The average molecular weight is 410 g/mol. The van der Waals surface area contributed by atoms with E-state index in [0.717, 1.165) is 35.4 Å². The van der Waals surface area contributed by atoms with Gasteiger partial charge in [0.15, 0.2) is 0 Å². The highest BCUT2D eigenvalue weighted by Gasteiger charge is 2.21. The maximum Gasteiger partial charge on any atom is 0.267 e. The Balaban J connectivity index is 1.44. The van der Waals surface area contributed by atoms with E-state index in [1.54, 1.807) is 11.3 Å². The van der Waals surface area contributed by atoms with E-state index in [1.807, 2.05) is 12.1 Å². The van der Waals surface area contributed by atoms with Crippen molar-refractivity contribution in [3.8, 4) is 0 Å². The van der Waals surface area contributed by atoms with Gasteiger partial charge in [0, 0.05) is 24.5 Å². The van der Waals surface area contributed by atoms with Crippen LogP contribution in [-0.4, -0.2) is 41.1 Å². The van der Waals surface area contributed by atoms with Crippen molar-refractivity contribution in [3.63, 3.8) is 0 Å². The summed E-state index contributed by atoms with van der Waals surface area (Å²) in [5.74, 6) is 0.0304. The van der Waals surface area contributed by atoms with E-state index in [9.17, 15) is 4.79 Å². The molecule has 1 N–H and O–H groups in total. The summed E-state index contributed by atoms with van der Waals surface area (Å²) in [7, 11) is 0. The number of hydrogen-bond donors (Lipinski definition) is 1. The Hall–Kier alpha value is -2.11. The zero-order valence-electron chi connectivity index (χ0n) is 17.4. The van der Waals surface area contributed by atoms with Crippen molar-refractivity contribution < 1.29 is 4.79 Å². The minimum absolute atomic E-state index is 0.0304. The molecule has 3 heterocycles. The van der Waals surface area contributed by atoms with Crippen molar-refractivity contribution in [2.75, 3.05) is 19.6 Å². The normalized spacial score (nSPS) is 18.8. The van der Waals surface area contributed by atoms with Crippen molar-refractivity contribution in [1.29, 1.82) is 0 Å². The van der Waals surface area contributed by atoms with Gasteiger partial charge in [-0.3, -0.25) is 4.79 Å². The lowest BCUT2D eigenvalue weighted by Crippen LogP contribution is -2.39. The zero-order valence-corrected chi connectivity index (χ0v) is 18.3. The van der Waals surface area contributed by atoms with E-state index in [1.165, 1.54) is 31.4 Å². The molecule has 0 bridgehead atoms. The Morgan fingerprint density at radius 3 is 2.86 bits per heavy atom. The van der Waals surface area contributed by atoms with Crippen molar-refractivity contribution in [3.05, 3.63) is 59.1 Å². The number of carbonyl (C=O) groups is 1. The number of amides is 1. The predicted octanol–water partition coefficient (Wildman–Crippen LogP) is 5.31. The summed E-state index contributed by atoms with van der Waals surface area (Å²) in [6.45, 7) is 7.48. The maximum atomic E-state index is 13.0. The lowest BCUT2D eigenvalue weighted by Gasteiger charge is -2.33. The molecule has 1 aromatic carbocycles. The van der Waals surface area contributed by atoms with E-state index < -0.39 is 0 Å². The Labute approximate surface area is 177 Å². The predicted molar refractivity (Wildman–Crippen MR) is 122 cm³/mol. The topological polar surface area (TPSA) is 37.3 Å². The largest absolute Gasteiger partial charge is 0.351 e. The molecular weight excluding hydrogens is 378 g/mol. The Bertz CT molecular complexity index is 946. The van der Waals surface area contributed by atoms with Crippen LogP contribution in [0.3, 0.4) is 0 Å². The maximum absolute atomic E-state index is 13.0. The summed E-state index contributed by atoms with van der Waals surface area (Å²) in [5, 5.41) is 6.41. The number of likely N-dealkylation sites (tertiary alicyclic amines) is 1. The fourth-order valence-electron chi connectivity index (χ4n) is 4.45. The number of rotatable bonds is 7. The van der Waals surface area contributed by atoms with Gasteiger partial charge in [-0.25, -0.2) is 0 Å². The summed E-state index contributed by atoms with van der Waals surface area (Å²) in [6.07, 6.45) is 4.95. The second kappa shape index (κ2) is 9.14. The molecule has 1 saturated heterocycles. The third-order valence-electron chi connectivity index (χ3n) is 6.19. The lowest BCUT2D eigenvalue weighted by atomic mass is 10.0. The van der Waals surface area contributed by atoms with Gasteiger partial charge in [0.25, 0.3) is 5.91 Å². The van der Waals surface area contributed by atoms with Crippen LogP contribution in [0.25, 0.3) is 10.2 Å². The number of thiophene rings is 1. The van der Waals surface area contributed by atoms with Gasteiger partial charge in [-0.05, 0) is 62.7 Å². The van der Waals surface area contributed by atoms with Gasteiger partial charge in [-0.2, -0.15) is 0 Å². The summed E-state index contributed by atoms with van der Waals surface area (Å²) < 4.78 is 2.19. The third-order valence-corrected chi connectivity index (χ3v) is 7.12. The van der Waals surface area contributed by atoms with Crippen LogP contribution in [0.4, 0.5) is 0 Å². The highest BCUT2D eigenvalue weighted by Crippen LogP contribution is 2.31. The van der Waals surface area contributed by atoms with Crippen LogP contribution in [0.5, 0.6) is 0 Å². The van der Waals surface area contributed by atoms with E-state index in [-0.39, 0.29) is 11.9 Å². The van der Waals surface area contributed by atoms with Gasteiger partial charge in [0.2, 0.25) is 0 Å². The van der Waals surface area contributed by atoms with Gasteiger partial charge in [0.1, 0.15) is 10.5 Å². The molecule has 0 radical (unpaired) electrons. The Kier molecular flexibility index (Phi) is 6.36. The first-order valence-corrected chi connectivity index (χ1v) is 11.7. The highest BCUT2D eigenvalue weighted by molar-refractivity contribution is 7.16. The summed E-state index contributed by atoms with van der Waals surface area (Å²) in [4.78, 5) is 16.8. The molecule has 0 unspecified atom stereocenters. The minimum Gasteiger partial charge on any atom is -0.351 e. The molecule has 5 heteroatoms. The number of benzene rings is 1. The average Bonchev–Trinajstić information content (AvgIpc) is 3.33. The molecule has 0 aliphatic carbocycles. The number of nitrogens with zero attached hydrogens (tertiary/aromatic N) is 2. The summed E-state index contributed by atoms with van der Waals surface area (Å²) in [5.41, 5.74) is 1.97. The monoisotopic (exact) mass is 409 g/mol. The smallest absolute Gasteiger partial charge is 0.267 e. The molecular formula is C24H31N3OS. The summed E-state index contributed by atoms with van der Waals surface area (Å²) in [6, 6.07) is 15.3. The second-order valence-corrected chi connectivity index (χ2v) is 9.05. The highest BCUT2D eigenvalue weighted by atomic mass is 32.1. The SMILES string of the molecule is C[C@H]1CCCCN1CCCNC(=O)c1cc2ccsc2n1[C@@H](C)c1ccccc1. The number of hydrogen-bond acceptors (Lipinski definition) is 3. The van der Waals surface area contributed by atoms with Gasteiger partial charge in [0.05, 0.1) is 6.04 Å². The molecule has 0 saturated carbocycles. The quantitative estimate of drug-likeness (QED) is 0.537. The first-order chi connectivity index (χ1) is 14.1. The fraction of sp³-hybridized carbons (Fsp3) is 0.458. The first kappa shape index (κ1) is 20.2. The number of piperidine rings is 1. The van der Waals surface area contributed by atoms with Crippen molar-refractivity contribution in [1.82, 2.24) is 14.8 Å². The van der Waals surface area contributed by atoms with E-state index in [2.05, 4.69) is 64.3 Å². The molecule has 3 aromatic rings. The molecule has 4 nitrogen and oxygen atoms in total. The van der Waals surface area contributed by atoms with Crippen molar-refractivity contribution in [2.24, 2.45) is 0 Å². The number of carbonyl (C=O) groups excluding carboxylic acids is 1. The van der Waals surface area contributed by atoms with Gasteiger partial charge >= 0.3 is 0 Å². The molecule has 2 aromatic heterocycles. The molecule has 1 aliphatic heterocycles. The Morgan fingerprint density at radius 2 is 2.07 bits per heavy atom. The van der Waals surface area contributed by atoms with Gasteiger partial charge in [-0.1, -0.05) is 36.8 Å². The molecule has 1 fully saturated rings. The fourth-order valence-corrected chi connectivity index (χ4v) is 5.42. The van der Waals surface area contributed by atoms with Crippen LogP contribution in [0.2, 0.25) is 0 Å². The van der Waals surface area contributed by atoms with Crippen LogP contribution >= 0.6 is 11.3 Å². The zero-order chi connectivity index (χ0) is 20.2. The van der Waals surface area contributed by atoms with Gasteiger partial charge < -0.3 is 14.8 Å². The standard InChI is InChI=1S/C24H31N3OS/c1-18-9-6-7-14-26(18)15-8-13-25-23(28)22-17-21-12-16-29-24(21)27(22)19(2)20-10-4-3-5-11-20/h3-5,10-12,16-19H,6-9,13-15H2,1-2H3,(H,25,28)/t18-,19-/m0/s1. The van der Waals surface area contributed by atoms with Crippen LogP contribution < -0.4 is 5.32 Å². The van der Waals surface area contributed by atoms with Crippen molar-refractivity contribution >= 4 is 27.5 Å². The van der Waals surface area contributed by atoms with E-state index >= 15 is 0 Å². The molecule has 1 aliphatic rings. The van der Waals surface area contributed by atoms with Gasteiger partial charge in [-0.15, -0.1) is 11.3 Å². The number of fused-ring (bicyclic) bond motifs is 1. The van der Waals surface area contributed by atoms with Crippen molar-refractivity contribution in [2.45, 2.75) is 51.6 Å². The molecule has 1 amide bonds. The van der Waals surface area contributed by atoms with Crippen LogP contribution in [0, 0.1) is 0 Å². The van der Waals surface area contributed by atoms with Crippen LogP contribution in [0.15, 0.2) is 47.8 Å². The first-order valence-electron chi connectivity index (χ1n) is 10.8. The lowest BCUT2D eigenvalue weighted by molar-refractivity contribution is 0.0939. The summed E-state index contributed by atoms with van der Waals surface area (Å²) >= 11 is 1.70. The van der Waals surface area contributed by atoms with E-state index in [0.29, 0.717) is 6.04 Å². The molecule has 154 valence electrons. The minimum atomic E-state index is 0.0304. The molecule has 29 heavy (non-hydrogen) atoms. The van der Waals surface area contributed by atoms with Crippen LogP contribution in [0.1, 0.15) is 61.6 Å². The molecule has 0 spiro atoms. The molecule has 2 atom stereocenters. The number of nitrogens with one attached hydrogen (secondary N) is 1. The third kappa shape index (κ3) is 4.41. The van der Waals surface area contributed by atoms with E-state index in [4.69, 9.17) is 0 Å². The number of aromatic nitrogens is 1. The second-order valence-electron chi connectivity index (χ2n) is 8.16.